The van der Waals surface area contributed by atoms with Crippen LogP contribution in [0.15, 0.2) is 55.0 Å². The number of piperidine rings is 1. The number of nitrogens with one attached hydrogen (secondary N) is 1. The topological polar surface area (TPSA) is 80.2 Å². The number of benzene rings is 1. The highest BCUT2D eigenvalue weighted by Gasteiger charge is 2.24. The predicted octanol–water partition coefficient (Wildman–Crippen LogP) is 3.50. The number of likely N-dealkylation sites (tertiary alicyclic amines) is 1. The summed E-state index contributed by atoms with van der Waals surface area (Å²) in [5.41, 5.74) is 3.47. The SMILES string of the molecule is COc1cccc(CNC(=O)c2cnc(C3CCCN(Cc4ccncc4)C3)nc2C)c1. The van der Waals surface area contributed by atoms with Crippen LogP contribution in [0, 0.1) is 6.92 Å². The van der Waals surface area contributed by atoms with Gasteiger partial charge in [0.2, 0.25) is 0 Å². The molecule has 1 saturated heterocycles. The average Bonchev–Trinajstić information content (AvgIpc) is 2.83. The number of aromatic nitrogens is 3. The van der Waals surface area contributed by atoms with Crippen LogP contribution < -0.4 is 10.1 Å². The van der Waals surface area contributed by atoms with E-state index in [1.54, 1.807) is 13.3 Å². The van der Waals surface area contributed by atoms with E-state index in [0.717, 1.165) is 49.6 Å². The van der Waals surface area contributed by atoms with Crippen LogP contribution in [0.4, 0.5) is 0 Å². The maximum Gasteiger partial charge on any atom is 0.254 e. The summed E-state index contributed by atoms with van der Waals surface area (Å²) in [6, 6.07) is 11.8. The number of carbonyl (C=O) groups excluding carboxylic acids is 1. The molecule has 0 radical (unpaired) electrons. The molecule has 1 fully saturated rings. The first-order chi connectivity index (χ1) is 15.6. The standard InChI is InChI=1S/C25H29N5O2/c1-18-23(25(31)28-14-20-5-3-7-22(13-20)32-2)15-27-24(29-18)21-6-4-12-30(17-21)16-19-8-10-26-11-9-19/h3,5,7-11,13,15,21H,4,6,12,14,16-17H2,1-2H3,(H,28,31). The highest BCUT2D eigenvalue weighted by atomic mass is 16.5. The van der Waals surface area contributed by atoms with Gasteiger partial charge >= 0.3 is 0 Å². The third-order valence-corrected chi connectivity index (χ3v) is 5.86. The Kier molecular flexibility index (Phi) is 7.07. The Morgan fingerprint density at radius 3 is 2.84 bits per heavy atom. The van der Waals surface area contributed by atoms with Gasteiger partial charge in [0.15, 0.2) is 0 Å². The first-order valence-corrected chi connectivity index (χ1v) is 11.0. The molecule has 2 aromatic heterocycles. The van der Waals surface area contributed by atoms with E-state index in [2.05, 4.69) is 32.3 Å². The van der Waals surface area contributed by atoms with Gasteiger partial charge in [-0.15, -0.1) is 0 Å². The van der Waals surface area contributed by atoms with Crippen molar-refractivity contribution in [2.75, 3.05) is 20.2 Å². The largest absolute Gasteiger partial charge is 0.497 e. The Morgan fingerprint density at radius 2 is 2.06 bits per heavy atom. The van der Waals surface area contributed by atoms with Crippen molar-refractivity contribution in [3.63, 3.8) is 0 Å². The van der Waals surface area contributed by atoms with Crippen LogP contribution in [0.1, 0.15) is 51.8 Å². The molecule has 0 aliphatic carbocycles. The number of ether oxygens (including phenoxy) is 1. The molecule has 0 saturated carbocycles. The Balaban J connectivity index is 1.38. The van der Waals surface area contributed by atoms with Gasteiger partial charge in [-0.2, -0.15) is 0 Å². The molecule has 3 heterocycles. The molecule has 4 rings (SSSR count). The lowest BCUT2D eigenvalue weighted by Crippen LogP contribution is -2.34. The smallest absolute Gasteiger partial charge is 0.254 e. The van der Waals surface area contributed by atoms with Crippen molar-refractivity contribution in [2.45, 2.75) is 38.8 Å². The lowest BCUT2D eigenvalue weighted by atomic mass is 9.96. The monoisotopic (exact) mass is 431 g/mol. The minimum absolute atomic E-state index is 0.167. The van der Waals surface area contributed by atoms with Gasteiger partial charge in [0.1, 0.15) is 11.6 Å². The number of aryl methyl sites for hydroxylation is 1. The van der Waals surface area contributed by atoms with Crippen LogP contribution in [-0.4, -0.2) is 46.0 Å². The number of nitrogens with zero attached hydrogens (tertiary/aromatic N) is 4. The zero-order valence-corrected chi connectivity index (χ0v) is 18.6. The van der Waals surface area contributed by atoms with Gasteiger partial charge in [-0.3, -0.25) is 14.7 Å². The fraction of sp³-hybridized carbons (Fsp3) is 0.360. The van der Waals surface area contributed by atoms with Crippen molar-refractivity contribution in [3.05, 3.63) is 83.2 Å². The van der Waals surface area contributed by atoms with E-state index < -0.39 is 0 Å². The predicted molar refractivity (Wildman–Crippen MR) is 122 cm³/mol. The van der Waals surface area contributed by atoms with Gasteiger partial charge in [0, 0.05) is 44.1 Å². The molecule has 0 bridgehead atoms. The van der Waals surface area contributed by atoms with Crippen LogP contribution in [0.5, 0.6) is 5.75 Å². The Hall–Kier alpha value is -3.32. The molecule has 1 N–H and O–H groups in total. The van der Waals surface area contributed by atoms with E-state index in [0.29, 0.717) is 17.8 Å². The Labute approximate surface area is 188 Å². The highest BCUT2D eigenvalue weighted by molar-refractivity contribution is 5.94. The molecule has 1 amide bonds. The number of hydrogen-bond donors (Lipinski definition) is 1. The van der Waals surface area contributed by atoms with Gasteiger partial charge in [-0.1, -0.05) is 12.1 Å². The molecule has 1 atom stereocenters. The second kappa shape index (κ2) is 10.3. The quantitative estimate of drug-likeness (QED) is 0.617. The first-order valence-electron chi connectivity index (χ1n) is 11.0. The van der Waals surface area contributed by atoms with Crippen molar-refractivity contribution < 1.29 is 9.53 Å². The van der Waals surface area contributed by atoms with E-state index in [-0.39, 0.29) is 11.8 Å². The van der Waals surface area contributed by atoms with Crippen molar-refractivity contribution in [1.29, 1.82) is 0 Å². The van der Waals surface area contributed by atoms with E-state index in [4.69, 9.17) is 9.72 Å². The summed E-state index contributed by atoms with van der Waals surface area (Å²) in [5, 5.41) is 2.95. The molecule has 3 aromatic rings. The lowest BCUT2D eigenvalue weighted by Gasteiger charge is -2.32. The molecule has 7 nitrogen and oxygen atoms in total. The van der Waals surface area contributed by atoms with E-state index >= 15 is 0 Å². The summed E-state index contributed by atoms with van der Waals surface area (Å²) in [4.78, 5) is 28.5. The van der Waals surface area contributed by atoms with Crippen molar-refractivity contribution in [2.24, 2.45) is 0 Å². The second-order valence-corrected chi connectivity index (χ2v) is 8.19. The van der Waals surface area contributed by atoms with E-state index in [1.165, 1.54) is 5.56 Å². The second-order valence-electron chi connectivity index (χ2n) is 8.19. The third-order valence-electron chi connectivity index (χ3n) is 5.86. The molecule has 166 valence electrons. The summed E-state index contributed by atoms with van der Waals surface area (Å²) in [6.07, 6.45) is 7.51. The zero-order chi connectivity index (χ0) is 22.3. The van der Waals surface area contributed by atoms with E-state index in [9.17, 15) is 4.79 Å². The van der Waals surface area contributed by atoms with Crippen LogP contribution in [-0.2, 0) is 13.1 Å². The van der Waals surface area contributed by atoms with E-state index in [1.807, 2.05) is 43.6 Å². The zero-order valence-electron chi connectivity index (χ0n) is 18.6. The van der Waals surface area contributed by atoms with Crippen LogP contribution in [0.25, 0.3) is 0 Å². The van der Waals surface area contributed by atoms with Crippen molar-refractivity contribution >= 4 is 5.91 Å². The Bertz CT molecular complexity index is 1060. The Morgan fingerprint density at radius 1 is 1.22 bits per heavy atom. The average molecular weight is 432 g/mol. The van der Waals surface area contributed by atoms with Crippen molar-refractivity contribution in [1.82, 2.24) is 25.2 Å². The minimum atomic E-state index is -0.167. The minimum Gasteiger partial charge on any atom is -0.497 e. The number of carbonyl (C=O) groups is 1. The third kappa shape index (κ3) is 5.48. The van der Waals surface area contributed by atoms with Crippen LogP contribution in [0.2, 0.25) is 0 Å². The van der Waals surface area contributed by atoms with Gasteiger partial charge in [-0.05, 0) is 61.7 Å². The molecular weight excluding hydrogens is 402 g/mol. The van der Waals surface area contributed by atoms with Gasteiger partial charge in [0.25, 0.3) is 5.91 Å². The first kappa shape index (κ1) is 21.9. The fourth-order valence-electron chi connectivity index (χ4n) is 4.12. The molecule has 0 spiro atoms. The summed E-state index contributed by atoms with van der Waals surface area (Å²) in [6.45, 7) is 5.20. The molecule has 1 aliphatic rings. The fourth-order valence-corrected chi connectivity index (χ4v) is 4.12. The van der Waals surface area contributed by atoms with Crippen molar-refractivity contribution in [3.8, 4) is 5.75 Å². The molecule has 7 heteroatoms. The summed E-state index contributed by atoms with van der Waals surface area (Å²) in [5.74, 6) is 1.70. The summed E-state index contributed by atoms with van der Waals surface area (Å²) >= 11 is 0. The molecule has 1 unspecified atom stereocenters. The van der Waals surface area contributed by atoms with Gasteiger partial charge < -0.3 is 10.1 Å². The molecule has 1 aliphatic heterocycles. The molecular formula is C25H29N5O2. The normalized spacial score (nSPS) is 16.5. The number of pyridine rings is 1. The number of hydrogen-bond acceptors (Lipinski definition) is 6. The summed E-state index contributed by atoms with van der Waals surface area (Å²) in [7, 11) is 1.63. The number of amides is 1. The number of rotatable bonds is 7. The number of methoxy groups -OCH3 is 1. The maximum absolute atomic E-state index is 12.7. The lowest BCUT2D eigenvalue weighted by molar-refractivity contribution is 0.0949. The molecule has 32 heavy (non-hydrogen) atoms. The highest BCUT2D eigenvalue weighted by Crippen LogP contribution is 2.26. The summed E-state index contributed by atoms with van der Waals surface area (Å²) < 4.78 is 5.24. The van der Waals surface area contributed by atoms with Crippen LogP contribution in [0.3, 0.4) is 0 Å². The molecule has 1 aromatic carbocycles. The van der Waals surface area contributed by atoms with Gasteiger partial charge in [0.05, 0.1) is 18.4 Å². The van der Waals surface area contributed by atoms with Crippen LogP contribution >= 0.6 is 0 Å². The van der Waals surface area contributed by atoms with Gasteiger partial charge in [-0.25, -0.2) is 9.97 Å². The maximum atomic E-state index is 12.7.